The van der Waals surface area contributed by atoms with Crippen molar-refractivity contribution in [3.05, 3.63) is 53.7 Å². The van der Waals surface area contributed by atoms with Crippen molar-refractivity contribution in [2.45, 2.75) is 32.4 Å². The van der Waals surface area contributed by atoms with Crippen LogP contribution in [0.4, 0.5) is 0 Å². The first-order valence-electron chi connectivity index (χ1n) is 10.6. The van der Waals surface area contributed by atoms with Crippen molar-refractivity contribution < 1.29 is 9.47 Å². The van der Waals surface area contributed by atoms with E-state index in [-0.39, 0.29) is 0 Å². The molecule has 0 amide bonds. The Morgan fingerprint density at radius 2 is 1.83 bits per heavy atom. The van der Waals surface area contributed by atoms with Gasteiger partial charge in [-0.15, -0.1) is 0 Å². The molecule has 7 heteroatoms. The lowest BCUT2D eigenvalue weighted by molar-refractivity contribution is 0.245. The standard InChI is InChI=1S/C23H33N5O2/c1-4-24-23(26-16-18-7-12-22(30-3)25-15-18)27-17-21(28-13-5-6-14-28)19-8-10-20(29-2)11-9-19/h7-12,15,21H,4-6,13-14,16-17H2,1-3H3,(H2,24,26,27). The maximum Gasteiger partial charge on any atom is 0.212 e. The number of rotatable bonds is 9. The van der Waals surface area contributed by atoms with Gasteiger partial charge in [-0.3, -0.25) is 4.90 Å². The zero-order valence-corrected chi connectivity index (χ0v) is 18.2. The Balaban J connectivity index is 1.67. The molecule has 1 aliphatic rings. The third kappa shape index (κ3) is 6.10. The van der Waals surface area contributed by atoms with Gasteiger partial charge in [0.25, 0.3) is 0 Å². The van der Waals surface area contributed by atoms with Gasteiger partial charge in [0.2, 0.25) is 5.88 Å². The van der Waals surface area contributed by atoms with Crippen molar-refractivity contribution in [1.29, 1.82) is 0 Å². The predicted molar refractivity (Wildman–Crippen MR) is 120 cm³/mol. The Morgan fingerprint density at radius 1 is 1.07 bits per heavy atom. The van der Waals surface area contributed by atoms with Crippen LogP contribution in [-0.4, -0.2) is 56.2 Å². The molecular weight excluding hydrogens is 378 g/mol. The summed E-state index contributed by atoms with van der Waals surface area (Å²) in [7, 11) is 3.32. The number of ether oxygens (including phenoxy) is 2. The van der Waals surface area contributed by atoms with Crippen LogP contribution in [0.15, 0.2) is 47.6 Å². The van der Waals surface area contributed by atoms with E-state index in [1.165, 1.54) is 18.4 Å². The number of aromatic nitrogens is 1. The maximum atomic E-state index is 5.32. The van der Waals surface area contributed by atoms with Crippen LogP contribution in [-0.2, 0) is 6.54 Å². The highest BCUT2D eigenvalue weighted by Gasteiger charge is 2.23. The topological polar surface area (TPSA) is 71.0 Å². The van der Waals surface area contributed by atoms with Gasteiger partial charge < -0.3 is 20.1 Å². The quantitative estimate of drug-likeness (QED) is 0.488. The Bertz CT molecular complexity index is 786. The molecule has 0 spiro atoms. The molecule has 0 aliphatic carbocycles. The second kappa shape index (κ2) is 11.4. The molecule has 1 atom stereocenters. The number of benzene rings is 1. The minimum absolute atomic E-state index is 0.296. The molecule has 1 aromatic heterocycles. The molecule has 1 aliphatic heterocycles. The van der Waals surface area contributed by atoms with Crippen molar-refractivity contribution >= 4 is 5.96 Å². The van der Waals surface area contributed by atoms with E-state index in [2.05, 4.69) is 39.6 Å². The summed E-state index contributed by atoms with van der Waals surface area (Å²) in [6.07, 6.45) is 4.31. The van der Waals surface area contributed by atoms with E-state index in [0.717, 1.165) is 43.5 Å². The summed E-state index contributed by atoms with van der Waals surface area (Å²) in [5.74, 6) is 2.31. The average molecular weight is 412 g/mol. The van der Waals surface area contributed by atoms with Crippen molar-refractivity contribution in [3.8, 4) is 11.6 Å². The number of hydrogen-bond acceptors (Lipinski definition) is 5. The molecule has 7 nitrogen and oxygen atoms in total. The summed E-state index contributed by atoms with van der Waals surface area (Å²) in [6, 6.07) is 12.5. The van der Waals surface area contributed by atoms with Crippen molar-refractivity contribution in [2.24, 2.45) is 4.99 Å². The average Bonchev–Trinajstić information content (AvgIpc) is 3.33. The molecule has 0 bridgehead atoms. The van der Waals surface area contributed by atoms with Crippen molar-refractivity contribution in [3.63, 3.8) is 0 Å². The minimum atomic E-state index is 0.296. The van der Waals surface area contributed by atoms with E-state index < -0.39 is 0 Å². The molecule has 0 radical (unpaired) electrons. The van der Waals surface area contributed by atoms with Gasteiger partial charge in [-0.25, -0.2) is 9.98 Å². The fourth-order valence-corrected chi connectivity index (χ4v) is 3.67. The van der Waals surface area contributed by atoms with E-state index in [0.29, 0.717) is 18.5 Å². The summed E-state index contributed by atoms with van der Waals surface area (Å²) in [5.41, 5.74) is 2.33. The lowest BCUT2D eigenvalue weighted by Gasteiger charge is -2.29. The second-order valence-corrected chi connectivity index (χ2v) is 7.32. The summed E-state index contributed by atoms with van der Waals surface area (Å²) in [5, 5.41) is 6.88. The Morgan fingerprint density at radius 3 is 2.43 bits per heavy atom. The van der Waals surface area contributed by atoms with Gasteiger partial charge in [-0.05, 0) is 56.1 Å². The summed E-state index contributed by atoms with van der Waals surface area (Å²) in [6.45, 7) is 6.49. The highest BCUT2D eigenvalue weighted by atomic mass is 16.5. The number of aliphatic imine (C=N–C) groups is 1. The zero-order chi connectivity index (χ0) is 21.2. The number of pyridine rings is 1. The first kappa shape index (κ1) is 21.9. The zero-order valence-electron chi connectivity index (χ0n) is 18.2. The Kier molecular flexibility index (Phi) is 8.32. The summed E-state index contributed by atoms with van der Waals surface area (Å²) in [4.78, 5) is 11.5. The van der Waals surface area contributed by atoms with Gasteiger partial charge in [0, 0.05) is 25.4 Å². The largest absolute Gasteiger partial charge is 0.497 e. The van der Waals surface area contributed by atoms with E-state index in [9.17, 15) is 0 Å². The fraction of sp³-hybridized carbons (Fsp3) is 0.478. The van der Waals surface area contributed by atoms with Gasteiger partial charge >= 0.3 is 0 Å². The first-order valence-corrected chi connectivity index (χ1v) is 10.6. The monoisotopic (exact) mass is 411 g/mol. The summed E-state index contributed by atoms with van der Waals surface area (Å²) < 4.78 is 10.4. The van der Waals surface area contributed by atoms with Crippen molar-refractivity contribution in [2.75, 3.05) is 40.4 Å². The highest BCUT2D eigenvalue weighted by molar-refractivity contribution is 5.79. The van der Waals surface area contributed by atoms with E-state index >= 15 is 0 Å². The molecule has 162 valence electrons. The number of likely N-dealkylation sites (tertiary alicyclic amines) is 1. The van der Waals surface area contributed by atoms with E-state index in [4.69, 9.17) is 14.5 Å². The number of nitrogens with zero attached hydrogens (tertiary/aromatic N) is 3. The third-order valence-corrected chi connectivity index (χ3v) is 5.32. The van der Waals surface area contributed by atoms with Crippen LogP contribution >= 0.6 is 0 Å². The first-order chi connectivity index (χ1) is 14.7. The van der Waals surface area contributed by atoms with Crippen LogP contribution in [0.2, 0.25) is 0 Å². The van der Waals surface area contributed by atoms with Crippen LogP contribution < -0.4 is 20.1 Å². The molecule has 1 aromatic carbocycles. The minimum Gasteiger partial charge on any atom is -0.497 e. The fourth-order valence-electron chi connectivity index (χ4n) is 3.67. The molecule has 30 heavy (non-hydrogen) atoms. The number of hydrogen-bond donors (Lipinski definition) is 2. The lowest BCUT2D eigenvalue weighted by Crippen LogP contribution is -2.42. The van der Waals surface area contributed by atoms with E-state index in [1.807, 2.05) is 24.3 Å². The molecule has 2 N–H and O–H groups in total. The van der Waals surface area contributed by atoms with E-state index in [1.54, 1.807) is 20.4 Å². The van der Waals surface area contributed by atoms with Crippen LogP contribution in [0.25, 0.3) is 0 Å². The third-order valence-electron chi connectivity index (χ3n) is 5.32. The molecule has 2 aromatic rings. The van der Waals surface area contributed by atoms with Crippen LogP contribution in [0.3, 0.4) is 0 Å². The number of guanidine groups is 1. The number of nitrogens with one attached hydrogen (secondary N) is 2. The SMILES string of the molecule is CCNC(=NCc1ccc(OC)nc1)NCC(c1ccc(OC)cc1)N1CCCC1. The molecule has 1 unspecified atom stereocenters. The molecule has 2 heterocycles. The van der Waals surface area contributed by atoms with Gasteiger partial charge in [-0.1, -0.05) is 18.2 Å². The maximum absolute atomic E-state index is 5.32. The van der Waals surface area contributed by atoms with Crippen LogP contribution in [0.5, 0.6) is 11.6 Å². The Hall–Kier alpha value is -2.80. The van der Waals surface area contributed by atoms with Gasteiger partial charge in [0.1, 0.15) is 5.75 Å². The predicted octanol–water partition coefficient (Wildman–Crippen LogP) is 2.99. The smallest absolute Gasteiger partial charge is 0.212 e. The van der Waals surface area contributed by atoms with Gasteiger partial charge in [0.15, 0.2) is 5.96 Å². The molecule has 0 saturated carbocycles. The lowest BCUT2D eigenvalue weighted by atomic mass is 10.1. The molecule has 3 rings (SSSR count). The second-order valence-electron chi connectivity index (χ2n) is 7.32. The van der Waals surface area contributed by atoms with Crippen LogP contribution in [0.1, 0.15) is 36.9 Å². The Labute approximate surface area is 179 Å². The molecule has 1 fully saturated rings. The summed E-state index contributed by atoms with van der Waals surface area (Å²) >= 11 is 0. The van der Waals surface area contributed by atoms with Gasteiger partial charge in [-0.2, -0.15) is 0 Å². The normalized spacial score (nSPS) is 15.6. The molecular formula is C23H33N5O2. The molecule has 1 saturated heterocycles. The van der Waals surface area contributed by atoms with Crippen LogP contribution in [0, 0.1) is 0 Å². The van der Waals surface area contributed by atoms with Gasteiger partial charge in [0.05, 0.1) is 26.8 Å². The highest BCUT2D eigenvalue weighted by Crippen LogP contribution is 2.26. The van der Waals surface area contributed by atoms with Crippen molar-refractivity contribution in [1.82, 2.24) is 20.5 Å². The number of methoxy groups -OCH3 is 2.